The van der Waals surface area contributed by atoms with Crippen LogP contribution < -0.4 is 0 Å². The molecule has 5 nitrogen and oxygen atoms in total. The van der Waals surface area contributed by atoms with E-state index in [1.807, 2.05) is 0 Å². The largest absolute Gasteiger partial charge is 0.476 e. The summed E-state index contributed by atoms with van der Waals surface area (Å²) in [6.45, 7) is 1.79. The van der Waals surface area contributed by atoms with Crippen molar-refractivity contribution in [3.8, 4) is 0 Å². The lowest BCUT2D eigenvalue weighted by molar-refractivity contribution is 0.0685. The van der Waals surface area contributed by atoms with Crippen molar-refractivity contribution in [3.63, 3.8) is 0 Å². The van der Waals surface area contributed by atoms with Crippen LogP contribution >= 0.6 is 0 Å². The molecule has 2 aromatic rings. The number of hydrogen-bond acceptors (Lipinski definition) is 4. The van der Waals surface area contributed by atoms with E-state index in [0.29, 0.717) is 11.5 Å². The molecule has 2 rings (SSSR count). The molecule has 0 spiro atoms. The Labute approximate surface area is 91.0 Å². The molecular formula is C11H9NO4. The lowest BCUT2D eigenvalue weighted by Gasteiger charge is -1.91. The first kappa shape index (κ1) is 10.2. The van der Waals surface area contributed by atoms with Crippen molar-refractivity contribution >= 4 is 17.6 Å². The molecule has 0 aliphatic heterocycles. The van der Waals surface area contributed by atoms with E-state index in [9.17, 15) is 4.79 Å². The van der Waals surface area contributed by atoms with Gasteiger partial charge in [-0.1, -0.05) is 5.16 Å². The fraction of sp³-hybridized carbons (Fsp3) is 0.0909. The van der Waals surface area contributed by atoms with Crippen molar-refractivity contribution in [1.29, 1.82) is 0 Å². The van der Waals surface area contributed by atoms with Crippen LogP contribution in [0.15, 0.2) is 33.4 Å². The van der Waals surface area contributed by atoms with Gasteiger partial charge in [-0.25, -0.2) is 4.79 Å². The summed E-state index contributed by atoms with van der Waals surface area (Å²) in [5.74, 6) is -0.0274. The van der Waals surface area contributed by atoms with Crippen LogP contribution in [0.5, 0.6) is 0 Å². The van der Waals surface area contributed by atoms with Crippen LogP contribution in [0.2, 0.25) is 0 Å². The molecule has 0 bridgehead atoms. The first-order valence-electron chi connectivity index (χ1n) is 4.59. The number of allylic oxidation sites excluding steroid dienone is 1. The Morgan fingerprint density at radius 1 is 1.56 bits per heavy atom. The van der Waals surface area contributed by atoms with Gasteiger partial charge in [-0.15, -0.1) is 0 Å². The van der Waals surface area contributed by atoms with Gasteiger partial charge < -0.3 is 14.0 Å². The Hall–Kier alpha value is -2.30. The molecule has 16 heavy (non-hydrogen) atoms. The molecule has 1 N–H and O–H groups in total. The zero-order valence-corrected chi connectivity index (χ0v) is 8.51. The summed E-state index contributed by atoms with van der Waals surface area (Å²) in [7, 11) is 0. The predicted octanol–water partition coefficient (Wildman–Crippen LogP) is 2.53. The molecule has 0 amide bonds. The van der Waals surface area contributed by atoms with Crippen molar-refractivity contribution in [3.05, 3.63) is 41.7 Å². The smallest absolute Gasteiger partial charge is 0.358 e. The minimum atomic E-state index is -1.11. The quantitative estimate of drug-likeness (QED) is 0.858. The van der Waals surface area contributed by atoms with E-state index in [-0.39, 0.29) is 5.69 Å². The summed E-state index contributed by atoms with van der Waals surface area (Å²) in [6.07, 6.45) is 3.30. The number of nitrogens with zero attached hydrogens (tertiary/aromatic N) is 1. The SMILES string of the molecule is C/C(=C/c1ccco1)c1cc(C(=O)O)no1. The Kier molecular flexibility index (Phi) is 2.59. The molecule has 0 fully saturated rings. The summed E-state index contributed by atoms with van der Waals surface area (Å²) < 4.78 is 10.0. The van der Waals surface area contributed by atoms with Crippen molar-refractivity contribution in [1.82, 2.24) is 5.16 Å². The number of furan rings is 1. The standard InChI is InChI=1S/C11H9NO4/c1-7(5-8-3-2-4-15-8)10-6-9(11(13)14)12-16-10/h2-6H,1H3,(H,13,14)/b7-5-. The van der Waals surface area contributed by atoms with E-state index < -0.39 is 5.97 Å². The normalized spacial score (nSPS) is 11.7. The number of hydrogen-bond donors (Lipinski definition) is 1. The topological polar surface area (TPSA) is 76.5 Å². The zero-order valence-electron chi connectivity index (χ0n) is 8.51. The van der Waals surface area contributed by atoms with Gasteiger partial charge in [-0.3, -0.25) is 0 Å². The molecule has 0 atom stereocenters. The highest BCUT2D eigenvalue weighted by Gasteiger charge is 2.11. The molecule has 0 aliphatic carbocycles. The average molecular weight is 219 g/mol. The number of carboxylic acids is 1. The maximum atomic E-state index is 10.6. The van der Waals surface area contributed by atoms with Crippen LogP contribution in [-0.2, 0) is 0 Å². The van der Waals surface area contributed by atoms with E-state index in [0.717, 1.165) is 5.57 Å². The second kappa shape index (κ2) is 4.06. The van der Waals surface area contributed by atoms with E-state index >= 15 is 0 Å². The lowest BCUT2D eigenvalue weighted by atomic mass is 10.2. The monoisotopic (exact) mass is 219 g/mol. The van der Waals surface area contributed by atoms with Gasteiger partial charge in [0.15, 0.2) is 11.5 Å². The molecule has 0 radical (unpaired) electrons. The van der Waals surface area contributed by atoms with Crippen LogP contribution in [0, 0.1) is 0 Å². The van der Waals surface area contributed by atoms with Crippen molar-refractivity contribution < 1.29 is 18.8 Å². The minimum absolute atomic E-state index is 0.109. The van der Waals surface area contributed by atoms with Gasteiger partial charge in [0.05, 0.1) is 6.26 Å². The van der Waals surface area contributed by atoms with Crippen molar-refractivity contribution in [2.24, 2.45) is 0 Å². The predicted molar refractivity (Wildman–Crippen MR) is 55.7 cm³/mol. The van der Waals surface area contributed by atoms with Gasteiger partial charge in [0.25, 0.3) is 0 Å². The number of aromatic carboxylic acids is 1. The highest BCUT2D eigenvalue weighted by atomic mass is 16.5. The highest BCUT2D eigenvalue weighted by Crippen LogP contribution is 2.18. The first-order chi connectivity index (χ1) is 7.66. The van der Waals surface area contributed by atoms with Crippen LogP contribution in [-0.4, -0.2) is 16.2 Å². The first-order valence-corrected chi connectivity index (χ1v) is 4.59. The number of aromatic nitrogens is 1. The average Bonchev–Trinajstić information content (AvgIpc) is 2.86. The molecule has 0 aliphatic rings. The summed E-state index contributed by atoms with van der Waals surface area (Å²) in [5.41, 5.74) is 0.636. The second-order valence-electron chi connectivity index (χ2n) is 3.22. The molecule has 82 valence electrons. The molecule has 0 aromatic carbocycles. The van der Waals surface area contributed by atoms with Gasteiger partial charge in [0, 0.05) is 6.07 Å². The molecule has 0 saturated heterocycles. The number of carbonyl (C=O) groups is 1. The summed E-state index contributed by atoms with van der Waals surface area (Å²) in [6, 6.07) is 4.93. The summed E-state index contributed by atoms with van der Waals surface area (Å²) in [5, 5.41) is 12.1. The molecule has 2 heterocycles. The Morgan fingerprint density at radius 3 is 2.94 bits per heavy atom. The zero-order chi connectivity index (χ0) is 11.5. The van der Waals surface area contributed by atoms with Crippen molar-refractivity contribution in [2.75, 3.05) is 0 Å². The van der Waals surface area contributed by atoms with Gasteiger partial charge in [0.2, 0.25) is 0 Å². The van der Waals surface area contributed by atoms with E-state index in [4.69, 9.17) is 14.0 Å². The Morgan fingerprint density at radius 2 is 2.38 bits per heavy atom. The van der Waals surface area contributed by atoms with Crippen LogP contribution in [0.25, 0.3) is 11.6 Å². The third-order valence-corrected chi connectivity index (χ3v) is 2.02. The molecule has 2 aromatic heterocycles. The highest BCUT2D eigenvalue weighted by molar-refractivity contribution is 5.87. The maximum absolute atomic E-state index is 10.6. The molecule has 5 heteroatoms. The third kappa shape index (κ3) is 2.03. The van der Waals surface area contributed by atoms with E-state index in [2.05, 4.69) is 5.16 Å². The van der Waals surface area contributed by atoms with Gasteiger partial charge in [-0.05, 0) is 30.7 Å². The van der Waals surface area contributed by atoms with Gasteiger partial charge in [0.1, 0.15) is 5.76 Å². The van der Waals surface area contributed by atoms with Crippen LogP contribution in [0.1, 0.15) is 28.9 Å². The fourth-order valence-electron chi connectivity index (χ4n) is 1.22. The molecule has 0 unspecified atom stereocenters. The van der Waals surface area contributed by atoms with Crippen LogP contribution in [0.3, 0.4) is 0 Å². The minimum Gasteiger partial charge on any atom is -0.476 e. The Bertz CT molecular complexity index is 522. The number of carboxylic acid groups (broad SMARTS) is 1. The third-order valence-electron chi connectivity index (χ3n) is 2.02. The number of rotatable bonds is 3. The van der Waals surface area contributed by atoms with Crippen molar-refractivity contribution in [2.45, 2.75) is 6.92 Å². The maximum Gasteiger partial charge on any atom is 0.358 e. The van der Waals surface area contributed by atoms with Gasteiger partial charge in [-0.2, -0.15) is 0 Å². The fourth-order valence-corrected chi connectivity index (χ4v) is 1.22. The van der Waals surface area contributed by atoms with E-state index in [1.54, 1.807) is 31.4 Å². The summed E-state index contributed by atoms with van der Waals surface area (Å²) in [4.78, 5) is 10.6. The molecule has 0 saturated carbocycles. The summed E-state index contributed by atoms with van der Waals surface area (Å²) >= 11 is 0. The van der Waals surface area contributed by atoms with E-state index in [1.165, 1.54) is 6.07 Å². The van der Waals surface area contributed by atoms with Gasteiger partial charge >= 0.3 is 5.97 Å². The second-order valence-corrected chi connectivity index (χ2v) is 3.22. The Balaban J connectivity index is 2.27. The molecular weight excluding hydrogens is 210 g/mol. The van der Waals surface area contributed by atoms with Crippen LogP contribution in [0.4, 0.5) is 0 Å². The lowest BCUT2D eigenvalue weighted by Crippen LogP contribution is -1.94.